The molecule has 1 aromatic heterocycles. The lowest BCUT2D eigenvalue weighted by Gasteiger charge is -2.25. The van der Waals surface area contributed by atoms with Crippen LogP contribution in [0.1, 0.15) is 22.8 Å². The monoisotopic (exact) mass is 325 g/mol. The van der Waals surface area contributed by atoms with Crippen molar-refractivity contribution in [3.05, 3.63) is 28.3 Å². The number of nitrogens with zero attached hydrogens (tertiary/aromatic N) is 1. The van der Waals surface area contributed by atoms with Gasteiger partial charge in [-0.3, -0.25) is 9.59 Å². The normalized spacial score (nSPS) is 19.5. The highest BCUT2D eigenvalue weighted by Crippen LogP contribution is 2.39. The summed E-state index contributed by atoms with van der Waals surface area (Å²) >= 11 is 3.14. The van der Waals surface area contributed by atoms with Gasteiger partial charge in [0.15, 0.2) is 5.78 Å². The molecule has 0 spiro atoms. The number of esters is 1. The Morgan fingerprint density at radius 2 is 2.29 bits per heavy atom. The van der Waals surface area contributed by atoms with E-state index in [-0.39, 0.29) is 11.8 Å². The third-order valence-electron chi connectivity index (χ3n) is 3.28. The molecule has 0 bridgehead atoms. The first kappa shape index (κ1) is 16.1. The highest BCUT2D eigenvalue weighted by Gasteiger charge is 2.38. The second-order valence-corrected chi connectivity index (χ2v) is 6.97. The van der Waals surface area contributed by atoms with Gasteiger partial charge in [0, 0.05) is 31.4 Å². The van der Waals surface area contributed by atoms with Gasteiger partial charge in [-0.05, 0) is 30.5 Å². The van der Waals surface area contributed by atoms with E-state index in [0.29, 0.717) is 18.6 Å². The second kappa shape index (κ2) is 6.66. The number of fused-ring (bicyclic) bond motifs is 1. The van der Waals surface area contributed by atoms with Crippen molar-refractivity contribution >= 4 is 34.9 Å². The third kappa shape index (κ3) is 3.16. The zero-order valence-corrected chi connectivity index (χ0v) is 14.3. The SMILES string of the molecule is CCOC(=O)C1Cc2csc(SC)c2C(=O)/C1=C/N(C)C. The van der Waals surface area contributed by atoms with Crippen LogP contribution in [0.3, 0.4) is 0 Å². The Balaban J connectivity index is 2.48. The smallest absolute Gasteiger partial charge is 0.313 e. The number of thiophene rings is 1. The summed E-state index contributed by atoms with van der Waals surface area (Å²) in [5.74, 6) is -0.869. The van der Waals surface area contributed by atoms with Gasteiger partial charge in [-0.1, -0.05) is 0 Å². The van der Waals surface area contributed by atoms with Crippen LogP contribution >= 0.6 is 23.1 Å². The van der Waals surface area contributed by atoms with E-state index in [1.165, 1.54) is 0 Å². The van der Waals surface area contributed by atoms with Crippen LogP contribution < -0.4 is 0 Å². The molecule has 21 heavy (non-hydrogen) atoms. The fraction of sp³-hybridized carbons (Fsp3) is 0.467. The molecule has 1 aromatic rings. The van der Waals surface area contributed by atoms with Gasteiger partial charge in [0.05, 0.1) is 16.7 Å². The molecule has 1 heterocycles. The molecule has 4 nitrogen and oxygen atoms in total. The molecule has 0 saturated heterocycles. The summed E-state index contributed by atoms with van der Waals surface area (Å²) in [5, 5.41) is 1.98. The molecule has 114 valence electrons. The summed E-state index contributed by atoms with van der Waals surface area (Å²) < 4.78 is 6.15. The fourth-order valence-electron chi connectivity index (χ4n) is 2.42. The summed E-state index contributed by atoms with van der Waals surface area (Å²) in [7, 11) is 3.70. The third-order valence-corrected chi connectivity index (χ3v) is 5.46. The number of ketones is 1. The van der Waals surface area contributed by atoms with E-state index in [1.807, 2.05) is 25.7 Å². The lowest BCUT2D eigenvalue weighted by Crippen LogP contribution is -2.31. The fourth-order valence-corrected chi connectivity index (χ4v) is 4.19. The van der Waals surface area contributed by atoms with Crippen molar-refractivity contribution in [2.75, 3.05) is 27.0 Å². The number of ether oxygens (including phenoxy) is 1. The van der Waals surface area contributed by atoms with Crippen molar-refractivity contribution in [1.29, 1.82) is 0 Å². The minimum Gasteiger partial charge on any atom is -0.466 e. The summed E-state index contributed by atoms with van der Waals surface area (Å²) in [6.45, 7) is 2.10. The number of thioether (sulfide) groups is 1. The predicted octanol–water partition coefficient (Wildman–Crippen LogP) is 2.83. The minimum absolute atomic E-state index is 0.0476. The van der Waals surface area contributed by atoms with Crippen molar-refractivity contribution in [3.63, 3.8) is 0 Å². The predicted molar refractivity (Wildman–Crippen MR) is 86.0 cm³/mol. The maximum atomic E-state index is 12.8. The van der Waals surface area contributed by atoms with Gasteiger partial charge in [0.25, 0.3) is 0 Å². The number of hydrogen-bond acceptors (Lipinski definition) is 6. The van der Waals surface area contributed by atoms with Crippen molar-refractivity contribution in [2.45, 2.75) is 17.6 Å². The van der Waals surface area contributed by atoms with Crippen LogP contribution in [0.2, 0.25) is 0 Å². The Morgan fingerprint density at radius 3 is 2.86 bits per heavy atom. The molecule has 0 radical (unpaired) electrons. The highest BCUT2D eigenvalue weighted by molar-refractivity contribution is 8.00. The van der Waals surface area contributed by atoms with Gasteiger partial charge >= 0.3 is 5.97 Å². The molecule has 1 aliphatic carbocycles. The number of hydrogen-bond donors (Lipinski definition) is 0. The quantitative estimate of drug-likeness (QED) is 0.484. The first-order valence-electron chi connectivity index (χ1n) is 6.73. The molecule has 0 fully saturated rings. The van der Waals surface area contributed by atoms with Crippen LogP contribution in [-0.4, -0.2) is 43.6 Å². The van der Waals surface area contributed by atoms with E-state index in [0.717, 1.165) is 15.3 Å². The van der Waals surface area contributed by atoms with Gasteiger partial charge in [-0.15, -0.1) is 23.1 Å². The zero-order chi connectivity index (χ0) is 15.6. The van der Waals surface area contributed by atoms with Crippen LogP contribution in [0.25, 0.3) is 0 Å². The molecule has 0 saturated carbocycles. The van der Waals surface area contributed by atoms with Crippen molar-refractivity contribution in [2.24, 2.45) is 5.92 Å². The molecule has 1 atom stereocenters. The Labute approximate surface area is 133 Å². The van der Waals surface area contributed by atoms with Crippen LogP contribution in [0, 0.1) is 5.92 Å². The summed E-state index contributed by atoms with van der Waals surface area (Å²) in [6, 6.07) is 0. The molecule has 1 aliphatic rings. The molecule has 1 unspecified atom stereocenters. The maximum Gasteiger partial charge on any atom is 0.313 e. The maximum absolute atomic E-state index is 12.8. The molecule has 0 aromatic carbocycles. The van der Waals surface area contributed by atoms with Gasteiger partial charge in [0.1, 0.15) is 0 Å². The van der Waals surface area contributed by atoms with Crippen molar-refractivity contribution in [3.8, 4) is 0 Å². The number of rotatable bonds is 4. The number of carbonyl (C=O) groups is 2. The van der Waals surface area contributed by atoms with E-state index >= 15 is 0 Å². The second-order valence-electron chi connectivity index (χ2n) is 5.01. The van der Waals surface area contributed by atoms with E-state index in [4.69, 9.17) is 4.74 Å². The largest absolute Gasteiger partial charge is 0.466 e. The Hall–Kier alpha value is -1.27. The average molecular weight is 325 g/mol. The zero-order valence-electron chi connectivity index (χ0n) is 12.6. The van der Waals surface area contributed by atoms with Crippen LogP contribution in [-0.2, 0) is 16.0 Å². The van der Waals surface area contributed by atoms with Crippen molar-refractivity contribution < 1.29 is 14.3 Å². The molecular formula is C15H19NO3S2. The van der Waals surface area contributed by atoms with Crippen LogP contribution in [0.5, 0.6) is 0 Å². The highest BCUT2D eigenvalue weighted by atomic mass is 32.2. The number of carbonyl (C=O) groups excluding carboxylic acids is 2. The first-order chi connectivity index (χ1) is 9.99. The lowest BCUT2D eigenvalue weighted by atomic mass is 9.81. The minimum atomic E-state index is -0.503. The van der Waals surface area contributed by atoms with Crippen LogP contribution in [0.4, 0.5) is 0 Å². The first-order valence-corrected chi connectivity index (χ1v) is 8.83. The summed E-state index contributed by atoms with van der Waals surface area (Å²) in [6.07, 6.45) is 4.25. The standard InChI is InChI=1S/C15H19NO3S2/c1-5-19-14(18)10-6-9-8-21-15(20-4)12(9)13(17)11(10)7-16(2)3/h7-8,10H,5-6H2,1-4H3/b11-7+. The van der Waals surface area contributed by atoms with Gasteiger partial charge in [-0.2, -0.15) is 0 Å². The Kier molecular flexibility index (Phi) is 5.11. The molecule has 0 N–H and O–H groups in total. The average Bonchev–Trinajstić information content (AvgIpc) is 2.84. The lowest BCUT2D eigenvalue weighted by molar-refractivity contribution is -0.146. The van der Waals surface area contributed by atoms with Gasteiger partial charge in [0.2, 0.25) is 0 Å². The molecule has 6 heteroatoms. The van der Waals surface area contributed by atoms with E-state index in [9.17, 15) is 9.59 Å². The van der Waals surface area contributed by atoms with Gasteiger partial charge < -0.3 is 9.64 Å². The molecule has 2 rings (SSSR count). The number of Topliss-reactive ketones (excluding diaryl/α,β-unsaturated/α-hetero) is 1. The van der Waals surface area contributed by atoms with Gasteiger partial charge in [-0.25, -0.2) is 0 Å². The Bertz CT molecular complexity index is 590. The molecule has 0 amide bonds. The Morgan fingerprint density at radius 1 is 1.57 bits per heavy atom. The van der Waals surface area contributed by atoms with Crippen LogP contribution in [0.15, 0.2) is 21.4 Å². The molecule has 0 aliphatic heterocycles. The summed E-state index contributed by atoms with van der Waals surface area (Å²) in [4.78, 5) is 26.8. The van der Waals surface area contributed by atoms with E-state index < -0.39 is 5.92 Å². The van der Waals surface area contributed by atoms with E-state index in [2.05, 4.69) is 0 Å². The van der Waals surface area contributed by atoms with Crippen molar-refractivity contribution in [1.82, 2.24) is 4.90 Å². The van der Waals surface area contributed by atoms with E-state index in [1.54, 1.807) is 41.1 Å². The molecular weight excluding hydrogens is 306 g/mol. The summed E-state index contributed by atoms with van der Waals surface area (Å²) in [5.41, 5.74) is 2.25. The topological polar surface area (TPSA) is 46.6 Å².